The smallest absolute Gasteiger partial charge is 0.268 e. The Morgan fingerprint density at radius 3 is 1.05 bits per heavy atom. The molecule has 0 rings (SSSR count). The number of likely N-dealkylation sites (N-methyl/N-ethyl adjacent to an activating group) is 1. The number of hydrogen-bond donors (Lipinski definition) is 2. The van der Waals surface area contributed by atoms with Gasteiger partial charge in [0.05, 0.1) is 39.9 Å². The Kier molecular flexibility index (Phi) is 58.8. The zero-order valence-electron chi connectivity index (χ0n) is 52.4. The van der Waals surface area contributed by atoms with Crippen LogP contribution in [0.3, 0.4) is 0 Å². The second-order valence-corrected chi connectivity index (χ2v) is 26.3. The number of quaternary nitrogens is 1. The Morgan fingerprint density at radius 2 is 0.727 bits per heavy atom. The molecule has 0 saturated heterocycles. The number of phosphoric acid groups is 1. The number of carbonyl (C=O) groups is 1. The molecule has 0 aliphatic carbocycles. The average Bonchev–Trinajstić information content (AvgIpc) is 3.39. The van der Waals surface area contributed by atoms with Crippen molar-refractivity contribution in [1.82, 2.24) is 5.32 Å². The van der Waals surface area contributed by atoms with E-state index in [1.54, 1.807) is 6.08 Å². The third kappa shape index (κ3) is 62.4. The van der Waals surface area contributed by atoms with Crippen molar-refractivity contribution < 1.29 is 32.9 Å². The van der Waals surface area contributed by atoms with E-state index in [2.05, 4.69) is 31.3 Å². The largest absolute Gasteiger partial charge is 0.756 e. The van der Waals surface area contributed by atoms with E-state index in [4.69, 9.17) is 9.05 Å². The van der Waals surface area contributed by atoms with Crippen LogP contribution in [-0.2, 0) is 18.4 Å². The maximum atomic E-state index is 13.0. The summed E-state index contributed by atoms with van der Waals surface area (Å²) in [5.41, 5.74) is 0. The number of nitrogens with zero attached hydrogens (tertiary/aromatic N) is 1. The summed E-state index contributed by atoms with van der Waals surface area (Å²) >= 11 is 0. The minimum Gasteiger partial charge on any atom is -0.756 e. The van der Waals surface area contributed by atoms with Gasteiger partial charge in [0, 0.05) is 6.42 Å². The number of unbranched alkanes of at least 4 members (excludes halogenated alkanes) is 49. The van der Waals surface area contributed by atoms with Crippen LogP contribution in [0.4, 0.5) is 0 Å². The highest BCUT2D eigenvalue weighted by molar-refractivity contribution is 7.45. The number of aliphatic hydroxyl groups excluding tert-OH is 1. The summed E-state index contributed by atoms with van der Waals surface area (Å²) in [4.78, 5) is 25.6. The van der Waals surface area contributed by atoms with E-state index in [1.807, 2.05) is 27.2 Å². The van der Waals surface area contributed by atoms with Crippen molar-refractivity contribution in [3.8, 4) is 0 Å². The monoisotopic (exact) mass is 1110 g/mol. The molecule has 0 spiro atoms. The normalized spacial score (nSPS) is 13.8. The van der Waals surface area contributed by atoms with Crippen LogP contribution in [0.15, 0.2) is 24.3 Å². The fourth-order valence-electron chi connectivity index (χ4n) is 10.6. The molecular weight excluding hydrogens is 972 g/mol. The van der Waals surface area contributed by atoms with Gasteiger partial charge in [-0.25, -0.2) is 0 Å². The second-order valence-electron chi connectivity index (χ2n) is 24.9. The van der Waals surface area contributed by atoms with Gasteiger partial charge in [-0.15, -0.1) is 0 Å². The molecule has 0 saturated carbocycles. The standard InChI is InChI=1S/C68H135N2O6P/c1-6-8-10-12-14-16-18-20-22-24-26-28-30-32-33-34-35-36-37-38-40-42-44-46-48-50-52-54-56-58-60-62-68(72)69-66(65-76-77(73,74)75-64-63-70(3,4)5)67(71)61-59-57-55-53-51-49-47-45-43-41-39-31-29-27-25-23-21-19-17-15-13-11-9-7-2/h51,53,59,61,66-67,71H,6-50,52,54-58,60,62-65H2,1-5H3,(H-,69,72,73,74)/b53-51+,61-59+. The number of carbonyl (C=O) groups excluding carboxylic acids is 1. The van der Waals surface area contributed by atoms with Gasteiger partial charge in [0.15, 0.2) is 0 Å². The number of hydrogen-bond acceptors (Lipinski definition) is 6. The summed E-state index contributed by atoms with van der Waals surface area (Å²) in [5, 5.41) is 13.9. The van der Waals surface area contributed by atoms with Crippen molar-refractivity contribution in [3.63, 3.8) is 0 Å². The highest BCUT2D eigenvalue weighted by atomic mass is 31.2. The Labute approximate surface area is 481 Å². The van der Waals surface area contributed by atoms with Gasteiger partial charge in [-0.1, -0.05) is 340 Å². The highest BCUT2D eigenvalue weighted by Crippen LogP contribution is 2.38. The molecule has 0 fully saturated rings. The van der Waals surface area contributed by atoms with Crippen LogP contribution in [-0.4, -0.2) is 68.5 Å². The molecule has 0 bridgehead atoms. The third-order valence-electron chi connectivity index (χ3n) is 15.9. The summed E-state index contributed by atoms with van der Waals surface area (Å²) in [6.07, 6.45) is 77.3. The molecule has 0 aromatic rings. The first kappa shape index (κ1) is 76.0. The second kappa shape index (κ2) is 59.6. The minimum absolute atomic E-state index is 0.00346. The van der Waals surface area contributed by atoms with Crippen molar-refractivity contribution in [1.29, 1.82) is 0 Å². The molecule has 0 aromatic heterocycles. The number of amides is 1. The molecule has 0 radical (unpaired) electrons. The Bertz CT molecular complexity index is 1300. The van der Waals surface area contributed by atoms with Gasteiger partial charge in [-0.05, 0) is 32.1 Å². The van der Waals surface area contributed by atoms with Crippen molar-refractivity contribution >= 4 is 13.7 Å². The summed E-state index contributed by atoms with van der Waals surface area (Å²) < 4.78 is 23.4. The molecule has 3 unspecified atom stereocenters. The van der Waals surface area contributed by atoms with Crippen LogP contribution in [0.5, 0.6) is 0 Å². The van der Waals surface area contributed by atoms with E-state index in [0.29, 0.717) is 17.4 Å². The molecule has 0 aliphatic heterocycles. The maximum absolute atomic E-state index is 13.0. The lowest BCUT2D eigenvalue weighted by Crippen LogP contribution is -2.45. The predicted octanol–water partition coefficient (Wildman–Crippen LogP) is 20.9. The lowest BCUT2D eigenvalue weighted by Gasteiger charge is -2.29. The number of rotatable bonds is 64. The van der Waals surface area contributed by atoms with Crippen molar-refractivity contribution in [3.05, 3.63) is 24.3 Å². The molecule has 2 N–H and O–H groups in total. The fraction of sp³-hybridized carbons (Fsp3) is 0.926. The van der Waals surface area contributed by atoms with Gasteiger partial charge >= 0.3 is 0 Å². The van der Waals surface area contributed by atoms with E-state index in [0.717, 1.165) is 38.5 Å². The van der Waals surface area contributed by atoms with Gasteiger partial charge < -0.3 is 28.8 Å². The van der Waals surface area contributed by atoms with E-state index in [9.17, 15) is 19.4 Å². The zero-order valence-corrected chi connectivity index (χ0v) is 53.3. The highest BCUT2D eigenvalue weighted by Gasteiger charge is 2.23. The van der Waals surface area contributed by atoms with E-state index in [1.165, 1.54) is 295 Å². The van der Waals surface area contributed by atoms with E-state index >= 15 is 0 Å². The lowest BCUT2D eigenvalue weighted by atomic mass is 10.0. The Balaban J connectivity index is 4.06. The number of nitrogens with one attached hydrogen (secondary N) is 1. The molecule has 0 aliphatic rings. The van der Waals surface area contributed by atoms with E-state index < -0.39 is 20.0 Å². The van der Waals surface area contributed by atoms with E-state index in [-0.39, 0.29) is 19.1 Å². The van der Waals surface area contributed by atoms with Crippen molar-refractivity contribution in [2.24, 2.45) is 0 Å². The zero-order chi connectivity index (χ0) is 56.3. The van der Waals surface area contributed by atoms with Crippen LogP contribution >= 0.6 is 7.82 Å². The van der Waals surface area contributed by atoms with Crippen molar-refractivity contribution in [2.75, 3.05) is 40.9 Å². The van der Waals surface area contributed by atoms with Crippen LogP contribution in [0, 0.1) is 0 Å². The molecular formula is C68H135N2O6P. The Morgan fingerprint density at radius 1 is 0.442 bits per heavy atom. The first-order valence-corrected chi connectivity index (χ1v) is 35.7. The molecule has 3 atom stereocenters. The van der Waals surface area contributed by atoms with Gasteiger partial charge in [0.1, 0.15) is 13.2 Å². The molecule has 0 aromatic carbocycles. The van der Waals surface area contributed by atoms with Gasteiger partial charge in [0.25, 0.3) is 7.82 Å². The van der Waals surface area contributed by atoms with Crippen LogP contribution in [0.2, 0.25) is 0 Å². The maximum Gasteiger partial charge on any atom is 0.268 e. The number of aliphatic hydroxyl groups is 1. The predicted molar refractivity (Wildman–Crippen MR) is 335 cm³/mol. The summed E-state index contributed by atoms with van der Waals surface area (Å²) in [6, 6.07) is -0.901. The third-order valence-corrected chi connectivity index (χ3v) is 16.9. The molecule has 0 heterocycles. The van der Waals surface area contributed by atoms with Crippen LogP contribution < -0.4 is 10.2 Å². The molecule has 9 heteroatoms. The molecule has 77 heavy (non-hydrogen) atoms. The number of phosphoric ester groups is 1. The SMILES string of the molecule is CCCCCCCCCCCCCCCCCCCC/C=C/CC/C=C/C(O)C(COP(=O)([O-])OCC[N+](C)(C)C)NC(=O)CCCCCCCCCCCCCCCCCCCCCCCCCCCCCCCCC. The quantitative estimate of drug-likeness (QED) is 0.0272. The summed E-state index contributed by atoms with van der Waals surface area (Å²) in [6.45, 7) is 4.69. The molecule has 8 nitrogen and oxygen atoms in total. The van der Waals surface area contributed by atoms with Gasteiger partial charge in [-0.2, -0.15) is 0 Å². The van der Waals surface area contributed by atoms with Gasteiger partial charge in [-0.3, -0.25) is 9.36 Å². The van der Waals surface area contributed by atoms with Crippen molar-refractivity contribution in [2.45, 2.75) is 366 Å². The average molecular weight is 1110 g/mol. The summed E-state index contributed by atoms with van der Waals surface area (Å²) in [5.74, 6) is -0.198. The first-order chi connectivity index (χ1) is 37.5. The fourth-order valence-corrected chi connectivity index (χ4v) is 11.3. The topological polar surface area (TPSA) is 108 Å². The minimum atomic E-state index is -4.61. The van der Waals surface area contributed by atoms with Gasteiger partial charge in [0.2, 0.25) is 5.91 Å². The van der Waals surface area contributed by atoms with Crippen LogP contribution in [0.1, 0.15) is 354 Å². The first-order valence-electron chi connectivity index (χ1n) is 34.2. The molecule has 458 valence electrons. The molecule has 1 amide bonds. The van der Waals surface area contributed by atoms with Crippen LogP contribution in [0.25, 0.3) is 0 Å². The number of allylic oxidation sites excluding steroid dienone is 3. The Hall–Kier alpha value is -1.02. The lowest BCUT2D eigenvalue weighted by molar-refractivity contribution is -0.870. The summed E-state index contributed by atoms with van der Waals surface area (Å²) in [7, 11) is 1.26.